The van der Waals surface area contributed by atoms with E-state index in [1.54, 1.807) is 0 Å². The molecule has 6 nitrogen and oxygen atoms in total. The molecule has 1 aliphatic heterocycles. The van der Waals surface area contributed by atoms with Crippen molar-refractivity contribution in [1.82, 2.24) is 10.3 Å². The van der Waals surface area contributed by atoms with Gasteiger partial charge in [0.1, 0.15) is 4.88 Å². The van der Waals surface area contributed by atoms with Gasteiger partial charge >= 0.3 is 5.97 Å². The molecule has 2 aliphatic rings. The van der Waals surface area contributed by atoms with Gasteiger partial charge < -0.3 is 9.64 Å². The molecule has 152 valence electrons. The van der Waals surface area contributed by atoms with Gasteiger partial charge in [0.15, 0.2) is 6.61 Å². The van der Waals surface area contributed by atoms with Crippen molar-refractivity contribution in [2.45, 2.75) is 25.7 Å². The zero-order valence-electron chi connectivity index (χ0n) is 16.5. The average molecular weight is 412 g/mol. The summed E-state index contributed by atoms with van der Waals surface area (Å²) in [6, 6.07) is 10.5. The van der Waals surface area contributed by atoms with Crippen LogP contribution in [-0.2, 0) is 22.4 Å². The Hall–Kier alpha value is -2.48. The fraction of sp³-hybridized carbons (Fsp3) is 0.364. The molecule has 3 N–H and O–H groups in total. The number of carbonyl (C=O) groups excluding carboxylic acids is 2. The number of rotatable bonds is 3. The molecule has 1 amide bonds. The van der Waals surface area contributed by atoms with Crippen LogP contribution >= 0.6 is 11.3 Å². The summed E-state index contributed by atoms with van der Waals surface area (Å²) in [5, 5.41) is 0. The van der Waals surface area contributed by atoms with Gasteiger partial charge in [0, 0.05) is 18.0 Å². The van der Waals surface area contributed by atoms with Gasteiger partial charge in [0.2, 0.25) is 0 Å². The fourth-order valence-electron chi connectivity index (χ4n) is 4.07. The van der Waals surface area contributed by atoms with Crippen LogP contribution in [0.2, 0.25) is 0 Å². The average Bonchev–Trinajstić information content (AvgIpc) is 3.10. The SMILES string of the molecule is CN1CCC(=C2c3ccccc3CCc3sc(C(=O)OCC(=O)NN)cc32)CC1. The van der Waals surface area contributed by atoms with Crippen molar-refractivity contribution < 1.29 is 14.3 Å². The Balaban J connectivity index is 1.74. The smallest absolute Gasteiger partial charge is 0.348 e. The molecule has 0 radical (unpaired) electrons. The molecular weight excluding hydrogens is 386 g/mol. The van der Waals surface area contributed by atoms with Crippen molar-refractivity contribution >= 4 is 28.8 Å². The second-order valence-electron chi connectivity index (χ2n) is 7.53. The molecule has 4 rings (SSSR count). The van der Waals surface area contributed by atoms with Gasteiger partial charge in [-0.2, -0.15) is 0 Å². The van der Waals surface area contributed by atoms with Crippen LogP contribution in [0.5, 0.6) is 0 Å². The molecular formula is C22H25N3O3S. The Labute approximate surface area is 174 Å². The predicted molar refractivity (Wildman–Crippen MR) is 114 cm³/mol. The summed E-state index contributed by atoms with van der Waals surface area (Å²) in [5.41, 5.74) is 8.51. The number of nitrogens with zero attached hydrogens (tertiary/aromatic N) is 1. The predicted octanol–water partition coefficient (Wildman–Crippen LogP) is 2.52. The van der Waals surface area contributed by atoms with Gasteiger partial charge in [0.05, 0.1) is 0 Å². The minimum absolute atomic E-state index is 0.374. The summed E-state index contributed by atoms with van der Waals surface area (Å²) in [5.74, 6) is 4.04. The first-order valence-corrected chi connectivity index (χ1v) is 10.7. The van der Waals surface area contributed by atoms with Crippen LogP contribution in [0.3, 0.4) is 0 Å². The van der Waals surface area contributed by atoms with E-state index in [-0.39, 0.29) is 6.61 Å². The Morgan fingerprint density at radius 2 is 1.90 bits per heavy atom. The van der Waals surface area contributed by atoms with Crippen LogP contribution in [-0.4, -0.2) is 43.5 Å². The Kier molecular flexibility index (Phi) is 5.80. The first-order chi connectivity index (χ1) is 14.1. The van der Waals surface area contributed by atoms with Crippen LogP contribution in [0.4, 0.5) is 0 Å². The number of benzene rings is 1. The summed E-state index contributed by atoms with van der Waals surface area (Å²) in [7, 11) is 2.16. The van der Waals surface area contributed by atoms with Gasteiger partial charge in [-0.1, -0.05) is 29.8 Å². The fourth-order valence-corrected chi connectivity index (χ4v) is 5.12. The number of carbonyl (C=O) groups is 2. The topological polar surface area (TPSA) is 84.7 Å². The second-order valence-corrected chi connectivity index (χ2v) is 8.67. The molecule has 0 atom stereocenters. The molecule has 0 saturated carbocycles. The van der Waals surface area contributed by atoms with Crippen molar-refractivity contribution in [3.63, 3.8) is 0 Å². The third-order valence-corrected chi connectivity index (χ3v) is 6.80. The number of likely N-dealkylation sites (tertiary alicyclic amines) is 1. The molecule has 2 aromatic rings. The standard InChI is InChI=1S/C22H25N3O3S/c1-25-10-8-15(9-11-25)21-16-5-3-2-4-14(16)6-7-18-17(21)12-19(29-18)22(27)28-13-20(26)24-23/h2-5,12H,6-11,13,23H2,1H3,(H,24,26). The van der Waals surface area contributed by atoms with Gasteiger partial charge in [-0.15, -0.1) is 11.3 Å². The summed E-state index contributed by atoms with van der Waals surface area (Å²) >= 11 is 1.47. The van der Waals surface area contributed by atoms with Crippen LogP contribution in [0, 0.1) is 0 Å². The zero-order valence-corrected chi connectivity index (χ0v) is 17.3. The van der Waals surface area contributed by atoms with E-state index in [9.17, 15) is 9.59 Å². The number of nitrogens with one attached hydrogen (secondary N) is 1. The van der Waals surface area contributed by atoms with E-state index in [1.165, 1.54) is 38.5 Å². The minimum Gasteiger partial charge on any atom is -0.451 e. The second kappa shape index (κ2) is 8.49. The number of hydrogen-bond donors (Lipinski definition) is 2. The van der Waals surface area contributed by atoms with Crippen LogP contribution in [0.25, 0.3) is 5.57 Å². The highest BCUT2D eigenvalue weighted by atomic mass is 32.1. The molecule has 1 fully saturated rings. The number of piperidine rings is 1. The van der Waals surface area contributed by atoms with E-state index < -0.39 is 11.9 Å². The zero-order chi connectivity index (χ0) is 20.4. The Morgan fingerprint density at radius 3 is 2.66 bits per heavy atom. The third kappa shape index (κ3) is 4.12. The Morgan fingerprint density at radius 1 is 1.14 bits per heavy atom. The summed E-state index contributed by atoms with van der Waals surface area (Å²) in [6.45, 7) is 1.72. The molecule has 0 unspecified atom stereocenters. The highest BCUT2D eigenvalue weighted by Gasteiger charge is 2.26. The lowest BCUT2D eigenvalue weighted by Crippen LogP contribution is -2.34. The van der Waals surface area contributed by atoms with E-state index in [1.807, 2.05) is 11.5 Å². The molecule has 1 aromatic heterocycles. The van der Waals surface area contributed by atoms with Gasteiger partial charge in [0.25, 0.3) is 5.91 Å². The van der Waals surface area contributed by atoms with Crippen molar-refractivity contribution in [2.75, 3.05) is 26.7 Å². The first-order valence-electron chi connectivity index (χ1n) is 9.85. The molecule has 7 heteroatoms. The largest absolute Gasteiger partial charge is 0.451 e. The lowest BCUT2D eigenvalue weighted by Gasteiger charge is -2.27. The number of esters is 1. The lowest BCUT2D eigenvalue weighted by molar-refractivity contribution is -0.124. The van der Waals surface area contributed by atoms with Crippen molar-refractivity contribution in [3.8, 4) is 0 Å². The number of hydrogen-bond acceptors (Lipinski definition) is 6. The lowest BCUT2D eigenvalue weighted by atomic mass is 9.87. The normalized spacial score (nSPS) is 16.6. The summed E-state index contributed by atoms with van der Waals surface area (Å²) in [4.78, 5) is 27.9. The maximum Gasteiger partial charge on any atom is 0.348 e. The first kappa shape index (κ1) is 19.8. The van der Waals surface area contributed by atoms with Crippen molar-refractivity contribution in [2.24, 2.45) is 5.84 Å². The van der Waals surface area contributed by atoms with Gasteiger partial charge in [-0.05, 0) is 61.1 Å². The van der Waals surface area contributed by atoms with E-state index in [0.29, 0.717) is 4.88 Å². The van der Waals surface area contributed by atoms with Gasteiger partial charge in [-0.25, -0.2) is 10.6 Å². The molecule has 29 heavy (non-hydrogen) atoms. The van der Waals surface area contributed by atoms with Crippen LogP contribution in [0.15, 0.2) is 35.9 Å². The number of aryl methyl sites for hydroxylation is 2. The van der Waals surface area contributed by atoms with Gasteiger partial charge in [-0.3, -0.25) is 10.2 Å². The third-order valence-electron chi connectivity index (χ3n) is 5.63. The van der Waals surface area contributed by atoms with E-state index in [0.717, 1.165) is 44.3 Å². The molecule has 1 aliphatic carbocycles. The monoisotopic (exact) mass is 411 g/mol. The van der Waals surface area contributed by atoms with E-state index in [4.69, 9.17) is 10.6 Å². The maximum atomic E-state index is 12.5. The highest BCUT2D eigenvalue weighted by Crippen LogP contribution is 2.41. The van der Waals surface area contributed by atoms with Crippen molar-refractivity contribution in [1.29, 1.82) is 0 Å². The number of fused-ring (bicyclic) bond motifs is 2. The minimum atomic E-state index is -0.528. The number of amides is 1. The van der Waals surface area contributed by atoms with Crippen molar-refractivity contribution in [3.05, 3.63) is 62.3 Å². The Bertz CT molecular complexity index is 969. The summed E-state index contributed by atoms with van der Waals surface area (Å²) in [6.07, 6.45) is 3.91. The number of nitrogens with two attached hydrogens (primary N) is 1. The highest BCUT2D eigenvalue weighted by molar-refractivity contribution is 7.14. The molecule has 0 bridgehead atoms. The van der Waals surface area contributed by atoms with Crippen LogP contribution in [0.1, 0.15) is 44.1 Å². The number of hydrazine groups is 1. The maximum absolute atomic E-state index is 12.5. The molecule has 1 saturated heterocycles. The van der Waals surface area contributed by atoms with E-state index in [2.05, 4.69) is 36.2 Å². The van der Waals surface area contributed by atoms with Crippen LogP contribution < -0.4 is 11.3 Å². The molecule has 0 spiro atoms. The summed E-state index contributed by atoms with van der Waals surface area (Å²) < 4.78 is 5.11. The van der Waals surface area contributed by atoms with E-state index >= 15 is 0 Å². The number of thiophene rings is 1. The quantitative estimate of drug-likeness (QED) is 0.351. The molecule has 1 aromatic carbocycles. The molecule has 2 heterocycles. The number of ether oxygens (including phenoxy) is 1.